The van der Waals surface area contributed by atoms with Crippen molar-refractivity contribution in [3.8, 4) is 0 Å². The van der Waals surface area contributed by atoms with Crippen molar-refractivity contribution in [2.45, 2.75) is 88.2 Å². The van der Waals surface area contributed by atoms with Crippen LogP contribution in [0.15, 0.2) is 25.3 Å². The van der Waals surface area contributed by atoms with Crippen molar-refractivity contribution >= 4 is 5.91 Å². The summed E-state index contributed by atoms with van der Waals surface area (Å²) in [4.78, 5) is 15.7. The molecule has 5 fully saturated rings. The van der Waals surface area contributed by atoms with E-state index in [1.165, 1.54) is 12.8 Å². The molecule has 4 atom stereocenters. The molecule has 5 aliphatic rings. The first-order valence-electron chi connectivity index (χ1n) is 10.7. The van der Waals surface area contributed by atoms with Crippen molar-refractivity contribution in [3.05, 3.63) is 25.3 Å². The smallest absolute Gasteiger partial charge is 0.223 e. The lowest BCUT2D eigenvalue weighted by Gasteiger charge is -2.60. The Morgan fingerprint density at radius 2 is 1.73 bits per heavy atom. The second-order valence-electron chi connectivity index (χ2n) is 10.1. The van der Waals surface area contributed by atoms with Gasteiger partial charge in [-0.2, -0.15) is 0 Å². The Morgan fingerprint density at radius 1 is 1.08 bits per heavy atom. The standard InChI is InChI=1S/C23H35NO2/c1-3-7-22(8-4-2)9-5-6-10-24(22)20(25)16-21-12-18-11-19(13-21)15-23(26,14-18)17-21/h3-4,18-19,26H,1-2,5-17H2/t18-,19+,21?,23?. The maximum atomic E-state index is 13.5. The minimum absolute atomic E-state index is 0.0570. The van der Waals surface area contributed by atoms with Crippen LogP contribution < -0.4 is 0 Å². The molecule has 3 heteroatoms. The zero-order chi connectivity index (χ0) is 18.4. The van der Waals surface area contributed by atoms with Gasteiger partial charge in [0.05, 0.1) is 5.60 Å². The number of carbonyl (C=O) groups excluding carboxylic acids is 1. The summed E-state index contributed by atoms with van der Waals surface area (Å²) in [6.07, 6.45) is 16.0. The molecule has 0 spiro atoms. The highest BCUT2D eigenvalue weighted by molar-refractivity contribution is 5.78. The summed E-state index contributed by atoms with van der Waals surface area (Å²) in [6.45, 7) is 8.79. The van der Waals surface area contributed by atoms with Crippen molar-refractivity contribution < 1.29 is 9.90 Å². The number of amides is 1. The van der Waals surface area contributed by atoms with Gasteiger partial charge in [-0.05, 0) is 87.9 Å². The van der Waals surface area contributed by atoms with Crippen LogP contribution in [0.4, 0.5) is 0 Å². The molecular formula is C23H35NO2. The van der Waals surface area contributed by atoms with Gasteiger partial charge in [0.2, 0.25) is 5.91 Å². The highest BCUT2D eigenvalue weighted by Crippen LogP contribution is 2.63. The van der Waals surface area contributed by atoms with Crippen molar-refractivity contribution in [1.29, 1.82) is 0 Å². The molecule has 26 heavy (non-hydrogen) atoms. The van der Waals surface area contributed by atoms with E-state index in [2.05, 4.69) is 18.1 Å². The fourth-order valence-electron chi connectivity index (χ4n) is 7.56. The molecule has 0 radical (unpaired) electrons. The maximum absolute atomic E-state index is 13.5. The number of rotatable bonds is 6. The van der Waals surface area contributed by atoms with Gasteiger partial charge in [0.15, 0.2) is 0 Å². The Hall–Kier alpha value is -1.09. The van der Waals surface area contributed by atoms with E-state index >= 15 is 0 Å². The molecule has 1 aliphatic heterocycles. The molecule has 144 valence electrons. The van der Waals surface area contributed by atoms with Gasteiger partial charge in [-0.25, -0.2) is 0 Å². The van der Waals surface area contributed by atoms with E-state index in [1.807, 2.05) is 12.2 Å². The monoisotopic (exact) mass is 357 g/mol. The van der Waals surface area contributed by atoms with Crippen molar-refractivity contribution in [2.75, 3.05) is 6.54 Å². The van der Waals surface area contributed by atoms with Gasteiger partial charge in [0.1, 0.15) is 0 Å². The van der Waals surface area contributed by atoms with E-state index in [9.17, 15) is 9.90 Å². The number of aliphatic hydroxyl groups is 1. The Morgan fingerprint density at radius 3 is 2.31 bits per heavy atom. The quantitative estimate of drug-likeness (QED) is 0.705. The molecule has 0 aromatic heterocycles. The molecule has 1 N–H and O–H groups in total. The molecule has 5 rings (SSSR count). The zero-order valence-corrected chi connectivity index (χ0v) is 16.2. The second kappa shape index (κ2) is 6.51. The molecule has 4 bridgehead atoms. The number of carbonyl (C=O) groups is 1. The number of piperidine rings is 1. The number of hydrogen-bond donors (Lipinski definition) is 1. The van der Waals surface area contributed by atoms with Gasteiger partial charge in [0.25, 0.3) is 0 Å². The molecule has 3 nitrogen and oxygen atoms in total. The van der Waals surface area contributed by atoms with Gasteiger partial charge in [0, 0.05) is 18.5 Å². The second-order valence-corrected chi connectivity index (χ2v) is 10.1. The van der Waals surface area contributed by atoms with Crippen LogP contribution in [0.5, 0.6) is 0 Å². The third-order valence-corrected chi connectivity index (χ3v) is 7.87. The molecule has 4 saturated carbocycles. The van der Waals surface area contributed by atoms with Gasteiger partial charge in [-0.15, -0.1) is 13.2 Å². The van der Waals surface area contributed by atoms with Crippen molar-refractivity contribution in [2.24, 2.45) is 17.3 Å². The number of likely N-dealkylation sites (tertiary alicyclic amines) is 1. The van der Waals surface area contributed by atoms with E-state index in [0.717, 1.165) is 64.3 Å². The third kappa shape index (κ3) is 3.06. The van der Waals surface area contributed by atoms with E-state index in [4.69, 9.17) is 0 Å². The normalized spacial score (nSPS) is 40.4. The summed E-state index contributed by atoms with van der Waals surface area (Å²) in [5.41, 5.74) is -0.537. The van der Waals surface area contributed by atoms with Crippen LogP contribution >= 0.6 is 0 Å². The highest BCUT2D eigenvalue weighted by Gasteiger charge is 2.58. The molecule has 1 amide bonds. The fourth-order valence-corrected chi connectivity index (χ4v) is 7.56. The summed E-state index contributed by atoms with van der Waals surface area (Å²) in [5.74, 6) is 1.60. The fraction of sp³-hybridized carbons (Fsp3) is 0.783. The largest absolute Gasteiger partial charge is 0.390 e. The molecular weight excluding hydrogens is 322 g/mol. The van der Waals surface area contributed by atoms with E-state index < -0.39 is 5.60 Å². The van der Waals surface area contributed by atoms with Crippen LogP contribution in [0.2, 0.25) is 0 Å². The van der Waals surface area contributed by atoms with E-state index in [1.54, 1.807) is 0 Å². The lowest BCUT2D eigenvalue weighted by Crippen LogP contribution is -2.59. The Bertz CT molecular complexity index is 571. The average molecular weight is 358 g/mol. The molecule has 4 aliphatic carbocycles. The van der Waals surface area contributed by atoms with Gasteiger partial charge in [-0.1, -0.05) is 12.2 Å². The number of nitrogens with zero attached hydrogens (tertiary/aromatic N) is 1. The lowest BCUT2D eigenvalue weighted by atomic mass is 9.47. The predicted molar refractivity (Wildman–Crippen MR) is 105 cm³/mol. The number of hydrogen-bond acceptors (Lipinski definition) is 2. The molecule has 2 unspecified atom stereocenters. The third-order valence-electron chi connectivity index (χ3n) is 7.87. The van der Waals surface area contributed by atoms with Gasteiger partial charge >= 0.3 is 0 Å². The first-order chi connectivity index (χ1) is 12.4. The molecule has 1 heterocycles. The van der Waals surface area contributed by atoms with E-state index in [-0.39, 0.29) is 11.0 Å². The first kappa shape index (κ1) is 18.3. The predicted octanol–water partition coefficient (Wildman–Crippen LogP) is 4.61. The zero-order valence-electron chi connectivity index (χ0n) is 16.2. The van der Waals surface area contributed by atoms with Gasteiger partial charge < -0.3 is 10.0 Å². The summed E-state index contributed by atoms with van der Waals surface area (Å²) >= 11 is 0. The van der Waals surface area contributed by atoms with E-state index in [0.29, 0.717) is 24.2 Å². The van der Waals surface area contributed by atoms with Crippen LogP contribution in [-0.4, -0.2) is 33.6 Å². The van der Waals surface area contributed by atoms with Crippen LogP contribution in [0.3, 0.4) is 0 Å². The molecule has 1 saturated heterocycles. The molecule has 0 aromatic rings. The minimum Gasteiger partial charge on any atom is -0.390 e. The minimum atomic E-state index is -0.481. The first-order valence-corrected chi connectivity index (χ1v) is 10.7. The Balaban J connectivity index is 1.55. The average Bonchev–Trinajstić information content (AvgIpc) is 2.52. The van der Waals surface area contributed by atoms with Crippen LogP contribution in [0, 0.1) is 17.3 Å². The summed E-state index contributed by atoms with van der Waals surface area (Å²) in [6, 6.07) is 0. The summed E-state index contributed by atoms with van der Waals surface area (Å²) in [5, 5.41) is 11.0. The van der Waals surface area contributed by atoms with Crippen molar-refractivity contribution in [1.82, 2.24) is 4.90 Å². The van der Waals surface area contributed by atoms with Gasteiger partial charge in [-0.3, -0.25) is 4.79 Å². The maximum Gasteiger partial charge on any atom is 0.223 e. The summed E-state index contributed by atoms with van der Waals surface area (Å²) in [7, 11) is 0. The molecule has 0 aromatic carbocycles. The van der Waals surface area contributed by atoms with Crippen molar-refractivity contribution in [3.63, 3.8) is 0 Å². The SMILES string of the molecule is C=CCC1(CC=C)CCCCN1C(=O)CC12C[C@@H]3C[C@@H](CC(O)(C3)C1)C2. The van der Waals surface area contributed by atoms with Crippen LogP contribution in [0.25, 0.3) is 0 Å². The topological polar surface area (TPSA) is 40.5 Å². The van der Waals surface area contributed by atoms with Crippen LogP contribution in [-0.2, 0) is 4.79 Å². The Kier molecular flexibility index (Phi) is 4.58. The lowest BCUT2D eigenvalue weighted by molar-refractivity contribution is -0.174. The highest BCUT2D eigenvalue weighted by atomic mass is 16.3. The summed E-state index contributed by atoms with van der Waals surface area (Å²) < 4.78 is 0. The van der Waals surface area contributed by atoms with Crippen LogP contribution in [0.1, 0.15) is 77.0 Å². The Labute approximate surface area is 158 Å².